The largest absolute Gasteiger partial charge is 0.375 e. The summed E-state index contributed by atoms with van der Waals surface area (Å²) in [6, 6.07) is 0. The Kier molecular flexibility index (Phi) is 10.1. The fourth-order valence-corrected chi connectivity index (χ4v) is 3.27. The van der Waals surface area contributed by atoms with E-state index in [1.807, 2.05) is 0 Å². The molecule has 1 rings (SSSR count). The number of allylic oxidation sites excluding steroid dienone is 4. The van der Waals surface area contributed by atoms with Gasteiger partial charge in [-0.2, -0.15) is 0 Å². The normalized spacial score (nSPS) is 15.9. The van der Waals surface area contributed by atoms with E-state index in [0.29, 0.717) is 35.3 Å². The molecule has 0 saturated carbocycles. The Hall–Kier alpha value is -1.36. The first-order valence-electron chi connectivity index (χ1n) is 10.1. The maximum atomic E-state index is 12.6. The lowest BCUT2D eigenvalue weighted by atomic mass is 9.84. The molecule has 0 unspecified atom stereocenters. The van der Waals surface area contributed by atoms with Gasteiger partial charge < -0.3 is 4.74 Å². The minimum absolute atomic E-state index is 0.00809. The molecule has 0 amide bonds. The Morgan fingerprint density at radius 3 is 1.78 bits per heavy atom. The van der Waals surface area contributed by atoms with Gasteiger partial charge in [-0.05, 0) is 40.0 Å². The Morgan fingerprint density at radius 1 is 0.741 bits per heavy atom. The lowest BCUT2D eigenvalue weighted by Gasteiger charge is -2.18. The molecular formula is C22H34F2O3. The van der Waals surface area contributed by atoms with E-state index in [1.54, 1.807) is 20.8 Å². The second kappa shape index (κ2) is 11.5. The third-order valence-corrected chi connectivity index (χ3v) is 5.13. The van der Waals surface area contributed by atoms with Gasteiger partial charge in [0.25, 0.3) is 5.92 Å². The molecule has 1 aliphatic rings. The van der Waals surface area contributed by atoms with Gasteiger partial charge in [0, 0.05) is 35.8 Å². The van der Waals surface area contributed by atoms with Crippen LogP contribution in [0.25, 0.3) is 0 Å². The SMILES string of the molecule is CC1=C(C)C(=O)C(CCCCCCCCCCOCC(C)(F)F)=C(C)C1=O. The van der Waals surface area contributed by atoms with Crippen LogP contribution in [-0.4, -0.2) is 30.7 Å². The highest BCUT2D eigenvalue weighted by molar-refractivity contribution is 6.24. The molecule has 27 heavy (non-hydrogen) atoms. The van der Waals surface area contributed by atoms with Crippen molar-refractivity contribution in [1.29, 1.82) is 0 Å². The monoisotopic (exact) mass is 384 g/mol. The smallest absolute Gasteiger partial charge is 0.268 e. The second-order valence-corrected chi connectivity index (χ2v) is 7.71. The number of halogens is 2. The Bertz CT molecular complexity index is 583. The average molecular weight is 385 g/mol. The van der Waals surface area contributed by atoms with Crippen molar-refractivity contribution in [3.63, 3.8) is 0 Å². The van der Waals surface area contributed by atoms with Gasteiger partial charge in [-0.3, -0.25) is 9.59 Å². The topological polar surface area (TPSA) is 43.4 Å². The summed E-state index contributed by atoms with van der Waals surface area (Å²) in [6.45, 7) is 5.99. The van der Waals surface area contributed by atoms with Gasteiger partial charge in [0.05, 0.1) is 0 Å². The van der Waals surface area contributed by atoms with Crippen LogP contribution in [0.2, 0.25) is 0 Å². The lowest BCUT2D eigenvalue weighted by Crippen LogP contribution is -2.20. The fourth-order valence-electron chi connectivity index (χ4n) is 3.27. The van der Waals surface area contributed by atoms with Crippen molar-refractivity contribution >= 4 is 11.6 Å². The second-order valence-electron chi connectivity index (χ2n) is 7.71. The van der Waals surface area contributed by atoms with Crippen molar-refractivity contribution in [3.8, 4) is 0 Å². The standard InChI is InChI=1S/C22H34F2O3/c1-16-17(2)21(26)19(18(3)20(16)25)13-11-9-7-5-6-8-10-12-14-27-15-22(4,23)24/h5-15H2,1-4H3. The zero-order valence-corrected chi connectivity index (χ0v) is 17.3. The summed E-state index contributed by atoms with van der Waals surface area (Å²) in [5, 5.41) is 0. The van der Waals surface area contributed by atoms with Gasteiger partial charge in [-0.25, -0.2) is 8.78 Å². The highest BCUT2D eigenvalue weighted by atomic mass is 19.3. The van der Waals surface area contributed by atoms with Gasteiger partial charge in [-0.15, -0.1) is 0 Å². The third kappa shape index (κ3) is 8.46. The minimum Gasteiger partial charge on any atom is -0.375 e. The molecule has 0 fully saturated rings. The zero-order chi connectivity index (χ0) is 20.4. The van der Waals surface area contributed by atoms with Crippen molar-refractivity contribution in [1.82, 2.24) is 0 Å². The summed E-state index contributed by atoms with van der Waals surface area (Å²) < 4.78 is 30.0. The van der Waals surface area contributed by atoms with Gasteiger partial charge in [0.15, 0.2) is 11.6 Å². The molecule has 0 bridgehead atoms. The minimum atomic E-state index is -2.74. The van der Waals surface area contributed by atoms with Crippen LogP contribution in [0.5, 0.6) is 0 Å². The van der Waals surface area contributed by atoms with Crippen LogP contribution in [0, 0.1) is 0 Å². The molecule has 0 saturated heterocycles. The van der Waals surface area contributed by atoms with Crippen molar-refractivity contribution in [2.45, 2.75) is 91.4 Å². The molecule has 1 aliphatic carbocycles. The molecule has 5 heteroatoms. The van der Waals surface area contributed by atoms with Crippen LogP contribution in [-0.2, 0) is 14.3 Å². The van der Waals surface area contributed by atoms with Crippen LogP contribution in [0.15, 0.2) is 22.3 Å². The number of hydrogen-bond donors (Lipinski definition) is 0. The number of ketones is 2. The van der Waals surface area contributed by atoms with Gasteiger partial charge in [0.2, 0.25) is 0 Å². The highest BCUT2D eigenvalue weighted by Crippen LogP contribution is 2.27. The summed E-state index contributed by atoms with van der Waals surface area (Å²) in [5.41, 5.74) is 2.48. The maximum absolute atomic E-state index is 12.6. The average Bonchev–Trinajstić information content (AvgIpc) is 2.60. The maximum Gasteiger partial charge on any atom is 0.268 e. The van der Waals surface area contributed by atoms with Crippen molar-refractivity contribution in [3.05, 3.63) is 22.3 Å². The molecule has 0 radical (unpaired) electrons. The zero-order valence-electron chi connectivity index (χ0n) is 17.3. The molecule has 0 spiro atoms. The van der Waals surface area contributed by atoms with Gasteiger partial charge in [0.1, 0.15) is 6.61 Å². The lowest BCUT2D eigenvalue weighted by molar-refractivity contribution is -0.116. The molecule has 0 aromatic carbocycles. The van der Waals surface area contributed by atoms with Crippen LogP contribution in [0.1, 0.15) is 85.5 Å². The Morgan fingerprint density at radius 2 is 1.22 bits per heavy atom. The summed E-state index contributed by atoms with van der Waals surface area (Å²) in [5.74, 6) is -2.70. The van der Waals surface area contributed by atoms with E-state index in [4.69, 9.17) is 4.74 Å². The van der Waals surface area contributed by atoms with E-state index in [-0.39, 0.29) is 11.6 Å². The number of hydrogen-bond acceptors (Lipinski definition) is 3. The Labute approximate surface area is 162 Å². The summed E-state index contributed by atoms with van der Waals surface area (Å²) in [4.78, 5) is 24.5. The fraction of sp³-hybridized carbons (Fsp3) is 0.727. The summed E-state index contributed by atoms with van der Waals surface area (Å²) >= 11 is 0. The molecular weight excluding hydrogens is 350 g/mol. The van der Waals surface area contributed by atoms with E-state index in [1.165, 1.54) is 0 Å². The molecule has 0 atom stereocenters. The number of unbranched alkanes of at least 4 members (excludes halogenated alkanes) is 7. The van der Waals surface area contributed by atoms with E-state index in [0.717, 1.165) is 58.3 Å². The van der Waals surface area contributed by atoms with E-state index in [9.17, 15) is 18.4 Å². The predicted octanol–water partition coefficient (Wildman–Crippen LogP) is 5.97. The number of rotatable bonds is 13. The first-order chi connectivity index (χ1) is 12.6. The van der Waals surface area contributed by atoms with Crippen LogP contribution in [0.4, 0.5) is 8.78 Å². The molecule has 3 nitrogen and oxygen atoms in total. The first-order valence-corrected chi connectivity index (χ1v) is 10.1. The molecule has 0 aromatic rings. The predicted molar refractivity (Wildman–Crippen MR) is 104 cm³/mol. The van der Waals surface area contributed by atoms with Gasteiger partial charge in [-0.1, -0.05) is 38.5 Å². The van der Waals surface area contributed by atoms with E-state index >= 15 is 0 Å². The number of carbonyl (C=O) groups is 2. The number of carbonyl (C=O) groups excluding carboxylic acids is 2. The van der Waals surface area contributed by atoms with Crippen LogP contribution >= 0.6 is 0 Å². The summed E-state index contributed by atoms with van der Waals surface area (Å²) in [7, 11) is 0. The van der Waals surface area contributed by atoms with Crippen LogP contribution < -0.4 is 0 Å². The number of Topliss-reactive ketones (excluding diaryl/α,β-unsaturated/α-hetero) is 2. The Balaban J connectivity index is 2.07. The summed E-state index contributed by atoms with van der Waals surface area (Å²) in [6.07, 6.45) is 8.95. The van der Waals surface area contributed by atoms with Gasteiger partial charge >= 0.3 is 0 Å². The van der Waals surface area contributed by atoms with E-state index < -0.39 is 12.5 Å². The highest BCUT2D eigenvalue weighted by Gasteiger charge is 2.27. The van der Waals surface area contributed by atoms with Crippen molar-refractivity contribution < 1.29 is 23.1 Å². The van der Waals surface area contributed by atoms with E-state index in [2.05, 4.69) is 0 Å². The molecule has 0 N–H and O–H groups in total. The third-order valence-electron chi connectivity index (χ3n) is 5.13. The van der Waals surface area contributed by atoms with Crippen molar-refractivity contribution in [2.75, 3.05) is 13.2 Å². The first kappa shape index (κ1) is 23.7. The quantitative estimate of drug-likeness (QED) is 0.290. The molecule has 0 heterocycles. The molecule has 0 aromatic heterocycles. The van der Waals surface area contributed by atoms with Crippen LogP contribution in [0.3, 0.4) is 0 Å². The van der Waals surface area contributed by atoms with Crippen molar-refractivity contribution in [2.24, 2.45) is 0 Å². The number of alkyl halides is 2. The number of ether oxygens (including phenoxy) is 1. The molecule has 0 aliphatic heterocycles. The molecule has 154 valence electrons.